The topological polar surface area (TPSA) is 32.3 Å². The monoisotopic (exact) mass is 322 g/mol. The van der Waals surface area contributed by atoms with Gasteiger partial charge in [0.05, 0.1) is 0 Å². The van der Waals surface area contributed by atoms with E-state index >= 15 is 0 Å². The van der Waals surface area contributed by atoms with Crippen LogP contribution in [0, 0.1) is 3.57 Å². The Hall–Kier alpha value is -0.620. The van der Waals surface area contributed by atoms with E-state index in [0.717, 1.165) is 10.1 Å². The second-order valence-electron chi connectivity index (χ2n) is 3.57. The summed E-state index contributed by atoms with van der Waals surface area (Å²) in [6.07, 6.45) is 0. The van der Waals surface area contributed by atoms with Gasteiger partial charge in [-0.25, -0.2) is 0 Å². The van der Waals surface area contributed by atoms with E-state index < -0.39 is 0 Å². The lowest BCUT2D eigenvalue weighted by molar-refractivity contribution is 0.0951. The largest absolute Gasteiger partial charge is 0.351 e. The maximum atomic E-state index is 11.6. The van der Waals surface area contributed by atoms with Crippen LogP contribution in [0.25, 0.3) is 0 Å². The fourth-order valence-corrected chi connectivity index (χ4v) is 1.46. The van der Waals surface area contributed by atoms with Crippen molar-refractivity contribution in [2.75, 3.05) is 27.2 Å². The number of hydrogen-bond donors (Lipinski definition) is 1. The van der Waals surface area contributed by atoms with Crippen LogP contribution in [0.15, 0.2) is 24.3 Å². The summed E-state index contributed by atoms with van der Waals surface area (Å²) in [6, 6.07) is 7.54. The van der Waals surface area contributed by atoms with E-state index in [1.165, 1.54) is 0 Å². The summed E-state index contributed by atoms with van der Waals surface area (Å²) in [5.74, 6) is -0.00625. The molecule has 0 saturated carbocycles. The molecule has 1 amide bonds. The molecule has 1 aromatic rings. The lowest BCUT2D eigenvalue weighted by Crippen LogP contribution is -2.31. The Morgan fingerprint density at radius 1 is 1.33 bits per heavy atom. The molecule has 3 nitrogen and oxygen atoms in total. The van der Waals surface area contributed by atoms with Crippen LogP contribution in [-0.4, -0.2) is 38.0 Å². The molecular formula is C11H15IN2O. The van der Waals surface area contributed by atoms with Crippen LogP contribution in [-0.2, 0) is 0 Å². The van der Waals surface area contributed by atoms with Crippen LogP contribution in [0.1, 0.15) is 10.4 Å². The Kier molecular flexibility index (Phi) is 5.04. The highest BCUT2D eigenvalue weighted by molar-refractivity contribution is 14.1. The van der Waals surface area contributed by atoms with Crippen molar-refractivity contribution < 1.29 is 4.79 Å². The van der Waals surface area contributed by atoms with Gasteiger partial charge in [-0.15, -0.1) is 0 Å². The van der Waals surface area contributed by atoms with Gasteiger partial charge >= 0.3 is 0 Å². The summed E-state index contributed by atoms with van der Waals surface area (Å²) in [6.45, 7) is 1.54. The van der Waals surface area contributed by atoms with Crippen LogP contribution in [0.5, 0.6) is 0 Å². The van der Waals surface area contributed by atoms with Crippen LogP contribution < -0.4 is 5.32 Å². The molecule has 0 aliphatic rings. The van der Waals surface area contributed by atoms with Gasteiger partial charge in [0, 0.05) is 22.2 Å². The maximum Gasteiger partial charge on any atom is 0.251 e. The van der Waals surface area contributed by atoms with Gasteiger partial charge in [-0.2, -0.15) is 0 Å². The van der Waals surface area contributed by atoms with Crippen molar-refractivity contribution in [2.24, 2.45) is 0 Å². The van der Waals surface area contributed by atoms with Crippen molar-refractivity contribution in [3.8, 4) is 0 Å². The van der Waals surface area contributed by atoms with E-state index in [1.54, 1.807) is 0 Å². The average molecular weight is 322 g/mol. The van der Waals surface area contributed by atoms with Gasteiger partial charge < -0.3 is 10.2 Å². The molecule has 0 atom stereocenters. The average Bonchev–Trinajstić information content (AvgIpc) is 2.18. The van der Waals surface area contributed by atoms with Gasteiger partial charge in [0.1, 0.15) is 0 Å². The summed E-state index contributed by atoms with van der Waals surface area (Å²) in [4.78, 5) is 13.6. The zero-order valence-electron chi connectivity index (χ0n) is 8.96. The van der Waals surface area contributed by atoms with Gasteiger partial charge in [-0.3, -0.25) is 4.79 Å². The number of nitrogens with one attached hydrogen (secondary N) is 1. The van der Waals surface area contributed by atoms with Crippen LogP contribution >= 0.6 is 22.6 Å². The molecule has 4 heteroatoms. The summed E-state index contributed by atoms with van der Waals surface area (Å²) in [5, 5.41) is 2.87. The second kappa shape index (κ2) is 6.07. The van der Waals surface area contributed by atoms with Gasteiger partial charge in [0.15, 0.2) is 0 Å². The van der Waals surface area contributed by atoms with Crippen LogP contribution in [0.4, 0.5) is 0 Å². The molecule has 0 radical (unpaired) electrons. The molecule has 0 fully saturated rings. The molecule has 1 N–H and O–H groups in total. The van der Waals surface area contributed by atoms with Gasteiger partial charge in [-0.05, 0) is 61.0 Å². The molecule has 1 aromatic carbocycles. The first-order valence-electron chi connectivity index (χ1n) is 4.78. The SMILES string of the molecule is CN(C)CCNC(=O)c1ccc([131I])cc1. The normalized spacial score (nSPS) is 10.4. The molecule has 15 heavy (non-hydrogen) atoms. The lowest BCUT2D eigenvalue weighted by atomic mass is 10.2. The van der Waals surface area contributed by atoms with E-state index in [4.69, 9.17) is 0 Å². The van der Waals surface area contributed by atoms with E-state index in [-0.39, 0.29) is 5.91 Å². The fraction of sp³-hybridized carbons (Fsp3) is 0.364. The molecule has 0 heterocycles. The number of amides is 1. The van der Waals surface area contributed by atoms with Crippen molar-refractivity contribution >= 4 is 28.5 Å². The Labute approximate surface area is 104 Å². The third-order valence-electron chi connectivity index (χ3n) is 1.95. The summed E-state index contributed by atoms with van der Waals surface area (Å²) < 4.78 is 1.14. The summed E-state index contributed by atoms with van der Waals surface area (Å²) in [7, 11) is 3.97. The Bertz CT molecular complexity index is 322. The molecule has 0 spiro atoms. The number of nitrogens with zero attached hydrogens (tertiary/aromatic N) is 1. The minimum Gasteiger partial charge on any atom is -0.351 e. The van der Waals surface area contributed by atoms with Crippen molar-refractivity contribution in [3.05, 3.63) is 33.4 Å². The predicted molar refractivity (Wildman–Crippen MR) is 70.0 cm³/mol. The quantitative estimate of drug-likeness (QED) is 0.854. The third kappa shape index (κ3) is 4.61. The number of rotatable bonds is 4. The van der Waals surface area contributed by atoms with Crippen LogP contribution in [0.3, 0.4) is 0 Å². The zero-order valence-corrected chi connectivity index (χ0v) is 11.1. The number of benzene rings is 1. The first-order chi connectivity index (χ1) is 7.09. The van der Waals surface area contributed by atoms with Gasteiger partial charge in [-0.1, -0.05) is 0 Å². The minimum atomic E-state index is -0.00625. The lowest BCUT2D eigenvalue weighted by Gasteiger charge is -2.10. The number of carbonyl (C=O) groups is 1. The first kappa shape index (κ1) is 12.4. The standard InChI is InChI=1S/C11H15IN2O/c1-14(2)8-7-13-11(15)9-3-5-10(12)6-4-9/h3-6H,7-8H2,1-2H3,(H,13,15)/i12+4. The molecule has 0 aliphatic heterocycles. The van der Waals surface area contributed by atoms with Crippen molar-refractivity contribution in [2.45, 2.75) is 0 Å². The molecule has 0 aliphatic carbocycles. The Morgan fingerprint density at radius 2 is 1.93 bits per heavy atom. The number of hydrogen-bond acceptors (Lipinski definition) is 2. The van der Waals surface area contributed by atoms with E-state index in [2.05, 4.69) is 27.9 Å². The molecular weight excluding hydrogens is 307 g/mol. The highest BCUT2D eigenvalue weighted by atomic mass is 131. The van der Waals surface area contributed by atoms with Crippen molar-refractivity contribution in [1.82, 2.24) is 10.2 Å². The summed E-state index contributed by atoms with van der Waals surface area (Å²) in [5.41, 5.74) is 0.717. The molecule has 0 unspecified atom stereocenters. The first-order valence-corrected chi connectivity index (χ1v) is 5.86. The predicted octanol–water partition coefficient (Wildman–Crippen LogP) is 1.58. The Morgan fingerprint density at radius 3 is 2.47 bits per heavy atom. The molecule has 0 aromatic heterocycles. The van der Waals surface area contributed by atoms with Crippen LogP contribution in [0.2, 0.25) is 0 Å². The van der Waals surface area contributed by atoms with Gasteiger partial charge in [0.25, 0.3) is 5.91 Å². The molecule has 0 bridgehead atoms. The third-order valence-corrected chi connectivity index (χ3v) is 2.67. The van der Waals surface area contributed by atoms with Crippen molar-refractivity contribution in [1.29, 1.82) is 0 Å². The Balaban J connectivity index is 2.43. The maximum absolute atomic E-state index is 11.6. The second-order valence-corrected chi connectivity index (χ2v) is 4.81. The molecule has 1 rings (SSSR count). The number of likely N-dealkylation sites (N-methyl/N-ethyl adjacent to an activating group) is 1. The number of carbonyl (C=O) groups excluding carboxylic acids is 1. The smallest absolute Gasteiger partial charge is 0.251 e. The summed E-state index contributed by atoms with van der Waals surface area (Å²) >= 11 is 2.22. The van der Waals surface area contributed by atoms with E-state index in [1.807, 2.05) is 43.3 Å². The van der Waals surface area contributed by atoms with Crippen molar-refractivity contribution in [3.63, 3.8) is 0 Å². The van der Waals surface area contributed by atoms with E-state index in [0.29, 0.717) is 12.1 Å². The van der Waals surface area contributed by atoms with E-state index in [9.17, 15) is 4.79 Å². The van der Waals surface area contributed by atoms with Gasteiger partial charge in [0.2, 0.25) is 0 Å². The molecule has 0 saturated heterocycles. The highest BCUT2D eigenvalue weighted by Gasteiger charge is 2.03. The highest BCUT2D eigenvalue weighted by Crippen LogP contribution is 2.06. The number of halogens is 1. The zero-order chi connectivity index (χ0) is 11.3. The fourth-order valence-electron chi connectivity index (χ4n) is 1.10. The minimum absolute atomic E-state index is 0.00625. The molecule has 82 valence electrons.